The van der Waals surface area contributed by atoms with Crippen LogP contribution in [0.2, 0.25) is 0 Å². The molecule has 0 heterocycles. The van der Waals surface area contributed by atoms with Gasteiger partial charge in [-0.2, -0.15) is 0 Å². The van der Waals surface area contributed by atoms with Crippen molar-refractivity contribution in [2.75, 3.05) is 0 Å². The Labute approximate surface area is 144 Å². The van der Waals surface area contributed by atoms with Crippen LogP contribution in [0.25, 0.3) is 0 Å². The molecule has 7 nitrogen and oxygen atoms in total. The largest absolute Gasteiger partial charge is 0.355 e. The van der Waals surface area contributed by atoms with E-state index in [1.165, 1.54) is 0 Å². The van der Waals surface area contributed by atoms with Gasteiger partial charge >= 0.3 is 15.2 Å². The highest BCUT2D eigenvalue weighted by Gasteiger charge is 2.51. The van der Waals surface area contributed by atoms with Crippen molar-refractivity contribution in [3.8, 4) is 0 Å². The molecule has 0 radical (unpaired) electrons. The molecule has 0 unspecified atom stereocenters. The van der Waals surface area contributed by atoms with Gasteiger partial charge in [0.25, 0.3) is 0 Å². The predicted molar refractivity (Wildman–Crippen MR) is 92.7 cm³/mol. The second kappa shape index (κ2) is 8.77. The van der Waals surface area contributed by atoms with Crippen molar-refractivity contribution >= 4 is 15.2 Å². The SMILES string of the molecule is O=P(O)(O)C(N(C1CCCCCC1)C1CCCCCC1)P(=O)(O)O. The van der Waals surface area contributed by atoms with Crippen molar-refractivity contribution in [3.05, 3.63) is 0 Å². The number of rotatable bonds is 5. The molecule has 2 aliphatic rings. The second-order valence-corrected chi connectivity index (χ2v) is 11.0. The van der Waals surface area contributed by atoms with Crippen molar-refractivity contribution in [1.82, 2.24) is 4.90 Å². The number of hydrogen-bond donors (Lipinski definition) is 4. The number of hydrogen-bond acceptors (Lipinski definition) is 3. The van der Waals surface area contributed by atoms with Crippen LogP contribution in [0.3, 0.4) is 0 Å². The topological polar surface area (TPSA) is 118 Å². The van der Waals surface area contributed by atoms with Gasteiger partial charge in [0, 0.05) is 12.1 Å². The minimum atomic E-state index is -4.95. The van der Waals surface area contributed by atoms with E-state index >= 15 is 0 Å². The van der Waals surface area contributed by atoms with E-state index in [1.807, 2.05) is 0 Å². The van der Waals surface area contributed by atoms with Crippen LogP contribution in [-0.4, -0.2) is 42.1 Å². The summed E-state index contributed by atoms with van der Waals surface area (Å²) in [5.41, 5.74) is -1.99. The molecule has 0 spiro atoms. The van der Waals surface area contributed by atoms with Crippen LogP contribution in [0.1, 0.15) is 77.0 Å². The van der Waals surface area contributed by atoms with E-state index in [2.05, 4.69) is 0 Å². The molecule has 2 rings (SSSR count). The standard InChI is InChI=1S/C15H31NO6P2/c17-23(18,19)15(24(20,21)22)16(13-9-5-1-2-6-10-13)14-11-7-3-4-8-12-14/h13-15H,1-12H2,(H2,17,18,19)(H2,20,21,22). The third-order valence-electron chi connectivity index (χ3n) is 5.36. The van der Waals surface area contributed by atoms with Crippen molar-refractivity contribution in [1.29, 1.82) is 0 Å². The molecule has 142 valence electrons. The van der Waals surface area contributed by atoms with E-state index in [4.69, 9.17) is 0 Å². The Morgan fingerprint density at radius 2 is 0.917 bits per heavy atom. The Balaban J connectivity index is 2.38. The molecular weight excluding hydrogens is 352 g/mol. The fraction of sp³-hybridized carbons (Fsp3) is 1.00. The lowest BCUT2D eigenvalue weighted by molar-refractivity contribution is 0.0965. The monoisotopic (exact) mass is 383 g/mol. The van der Waals surface area contributed by atoms with Gasteiger partial charge in [0.1, 0.15) is 0 Å². The summed E-state index contributed by atoms with van der Waals surface area (Å²) in [5, 5.41) is 0. The molecular formula is C15H31NO6P2. The molecule has 2 fully saturated rings. The lowest BCUT2D eigenvalue weighted by Crippen LogP contribution is -2.49. The summed E-state index contributed by atoms with van der Waals surface area (Å²) in [6.07, 6.45) is 11.1. The fourth-order valence-corrected chi connectivity index (χ4v) is 7.35. The van der Waals surface area contributed by atoms with Gasteiger partial charge in [0.2, 0.25) is 5.52 Å². The number of nitrogens with zero attached hydrogens (tertiary/aromatic N) is 1. The molecule has 2 saturated carbocycles. The highest BCUT2D eigenvalue weighted by molar-refractivity contribution is 7.70. The third-order valence-corrected chi connectivity index (χ3v) is 8.90. The zero-order chi connectivity index (χ0) is 17.8. The maximum Gasteiger partial charge on any atom is 0.355 e. The molecule has 0 atom stereocenters. The Morgan fingerprint density at radius 1 is 0.625 bits per heavy atom. The normalized spacial score (nSPS) is 23.4. The van der Waals surface area contributed by atoms with Gasteiger partial charge in [-0.1, -0.05) is 51.4 Å². The molecule has 9 heteroatoms. The van der Waals surface area contributed by atoms with E-state index in [0.29, 0.717) is 0 Å². The minimum Gasteiger partial charge on any atom is -0.323 e. The van der Waals surface area contributed by atoms with Crippen molar-refractivity contribution < 1.29 is 28.7 Å². The first-order chi connectivity index (χ1) is 11.2. The molecule has 0 saturated heterocycles. The Morgan fingerprint density at radius 3 is 1.17 bits per heavy atom. The summed E-state index contributed by atoms with van der Waals surface area (Å²) in [6.45, 7) is 0. The van der Waals surface area contributed by atoms with Gasteiger partial charge < -0.3 is 19.6 Å². The molecule has 4 N–H and O–H groups in total. The first-order valence-electron chi connectivity index (χ1n) is 9.09. The summed E-state index contributed by atoms with van der Waals surface area (Å²) in [5.74, 6) is 0. The zero-order valence-corrected chi connectivity index (χ0v) is 16.0. The molecule has 0 aromatic heterocycles. The highest BCUT2D eigenvalue weighted by atomic mass is 31.2. The smallest absolute Gasteiger partial charge is 0.323 e. The molecule has 0 bridgehead atoms. The summed E-state index contributed by atoms with van der Waals surface area (Å²) >= 11 is 0. The zero-order valence-electron chi connectivity index (χ0n) is 14.2. The van der Waals surface area contributed by atoms with E-state index in [1.54, 1.807) is 4.90 Å². The highest BCUT2D eigenvalue weighted by Crippen LogP contribution is 2.62. The maximum atomic E-state index is 12.0. The van der Waals surface area contributed by atoms with Crippen LogP contribution in [-0.2, 0) is 9.13 Å². The van der Waals surface area contributed by atoms with E-state index < -0.39 is 20.7 Å². The Hall–Kier alpha value is 0.260. The van der Waals surface area contributed by atoms with Crippen molar-refractivity contribution in [2.24, 2.45) is 0 Å². The van der Waals surface area contributed by atoms with Gasteiger partial charge in [-0.05, 0) is 25.7 Å². The summed E-state index contributed by atoms with van der Waals surface area (Å²) in [4.78, 5) is 40.6. The molecule has 0 aromatic rings. The van der Waals surface area contributed by atoms with Crippen LogP contribution in [0.15, 0.2) is 0 Å². The Bertz CT molecular complexity index is 432. The van der Waals surface area contributed by atoms with Crippen LogP contribution >= 0.6 is 15.2 Å². The lowest BCUT2D eigenvalue weighted by atomic mass is 10.0. The van der Waals surface area contributed by atoms with Crippen LogP contribution in [0, 0.1) is 0 Å². The van der Waals surface area contributed by atoms with E-state index in [0.717, 1.165) is 77.0 Å². The van der Waals surface area contributed by atoms with Crippen molar-refractivity contribution in [3.63, 3.8) is 0 Å². The predicted octanol–water partition coefficient (Wildman–Crippen LogP) is 3.37. The van der Waals surface area contributed by atoms with Gasteiger partial charge in [-0.25, -0.2) is 0 Å². The third kappa shape index (κ3) is 5.63. The molecule has 0 aliphatic heterocycles. The van der Waals surface area contributed by atoms with Crippen molar-refractivity contribution in [2.45, 2.75) is 94.7 Å². The van der Waals surface area contributed by atoms with Gasteiger partial charge in [0.15, 0.2) is 0 Å². The quantitative estimate of drug-likeness (QED) is 0.424. The second-order valence-electron chi connectivity index (χ2n) is 7.26. The molecule has 24 heavy (non-hydrogen) atoms. The Kier molecular flexibility index (Phi) is 7.51. The van der Waals surface area contributed by atoms with E-state index in [-0.39, 0.29) is 12.1 Å². The van der Waals surface area contributed by atoms with Crippen LogP contribution in [0.5, 0.6) is 0 Å². The average molecular weight is 383 g/mol. The van der Waals surface area contributed by atoms with Crippen LogP contribution in [0.4, 0.5) is 0 Å². The minimum absolute atomic E-state index is 0.152. The summed E-state index contributed by atoms with van der Waals surface area (Å²) < 4.78 is 24.1. The van der Waals surface area contributed by atoms with E-state index in [9.17, 15) is 28.7 Å². The summed E-state index contributed by atoms with van der Waals surface area (Å²) in [6, 6.07) is -0.304. The first-order valence-corrected chi connectivity index (χ1v) is 12.5. The lowest BCUT2D eigenvalue weighted by Gasteiger charge is -2.43. The van der Waals surface area contributed by atoms with Gasteiger partial charge in [-0.15, -0.1) is 0 Å². The molecule has 0 aromatic carbocycles. The van der Waals surface area contributed by atoms with Gasteiger partial charge in [-0.3, -0.25) is 14.0 Å². The average Bonchev–Trinajstić information content (AvgIpc) is 2.86. The maximum absolute atomic E-state index is 12.0. The van der Waals surface area contributed by atoms with Crippen LogP contribution < -0.4 is 0 Å². The first kappa shape index (κ1) is 20.6. The van der Waals surface area contributed by atoms with Gasteiger partial charge in [0.05, 0.1) is 0 Å². The molecule has 0 amide bonds. The fourth-order valence-electron chi connectivity index (χ4n) is 4.33. The molecule has 2 aliphatic carbocycles. The summed E-state index contributed by atoms with van der Waals surface area (Å²) in [7, 11) is -9.90.